The van der Waals surface area contributed by atoms with Gasteiger partial charge in [0.1, 0.15) is 6.54 Å². The Morgan fingerprint density at radius 3 is 2.59 bits per heavy atom. The van der Waals surface area contributed by atoms with Crippen molar-refractivity contribution >= 4 is 35.0 Å². The molecule has 0 unspecified atom stereocenters. The van der Waals surface area contributed by atoms with Gasteiger partial charge in [-0.25, -0.2) is 0 Å². The van der Waals surface area contributed by atoms with Crippen molar-refractivity contribution in [1.29, 1.82) is 0 Å². The molecule has 0 aromatic heterocycles. The fourth-order valence-electron chi connectivity index (χ4n) is 1.38. The normalized spacial score (nSPS) is 9.94. The first-order chi connectivity index (χ1) is 8.06. The van der Waals surface area contributed by atoms with Crippen LogP contribution < -0.4 is 10.6 Å². The van der Waals surface area contributed by atoms with Crippen LogP contribution in [0.1, 0.15) is 0 Å². The van der Waals surface area contributed by atoms with E-state index in [0.717, 1.165) is 0 Å². The van der Waals surface area contributed by atoms with Crippen molar-refractivity contribution in [2.24, 2.45) is 0 Å². The molecule has 0 fully saturated rings. The van der Waals surface area contributed by atoms with E-state index in [4.69, 9.17) is 10.8 Å². The Hall–Kier alpha value is -1.69. The first kappa shape index (κ1) is 13.4. The average molecular weight is 254 g/mol. The molecule has 17 heavy (non-hydrogen) atoms. The highest BCUT2D eigenvalue weighted by Gasteiger charge is 2.19. The number of carboxylic acid groups (broad SMARTS) is 1. The molecule has 3 N–H and O–H groups in total. The Morgan fingerprint density at radius 2 is 2.06 bits per heavy atom. The van der Waals surface area contributed by atoms with Gasteiger partial charge < -0.3 is 10.8 Å². The number of anilines is 2. The molecule has 0 atom stereocenters. The maximum absolute atomic E-state index is 11.8. The first-order valence-corrected chi connectivity index (χ1v) is 6.31. The van der Waals surface area contributed by atoms with Crippen molar-refractivity contribution in [3.8, 4) is 0 Å². The molecule has 0 spiro atoms. The first-order valence-electron chi connectivity index (χ1n) is 4.92. The number of hydrogen-bond acceptors (Lipinski definition) is 4. The molecule has 6 heteroatoms. The zero-order chi connectivity index (χ0) is 12.8. The topological polar surface area (TPSA) is 83.6 Å². The van der Waals surface area contributed by atoms with Gasteiger partial charge in [-0.05, 0) is 18.4 Å². The van der Waals surface area contributed by atoms with E-state index in [-0.39, 0.29) is 18.2 Å². The van der Waals surface area contributed by atoms with E-state index in [1.54, 1.807) is 30.5 Å². The number of carboxylic acids is 1. The van der Waals surface area contributed by atoms with Crippen molar-refractivity contribution < 1.29 is 14.7 Å². The van der Waals surface area contributed by atoms with Crippen LogP contribution in [0.4, 0.5) is 11.4 Å². The number of hydrogen-bond donors (Lipinski definition) is 2. The Labute approximate surface area is 104 Å². The van der Waals surface area contributed by atoms with Gasteiger partial charge in [0.2, 0.25) is 5.91 Å². The highest BCUT2D eigenvalue weighted by molar-refractivity contribution is 7.99. The molecule has 0 aliphatic rings. The fraction of sp³-hybridized carbons (Fsp3) is 0.273. The predicted octanol–water partition coefficient (Wildman–Crippen LogP) is 1.05. The zero-order valence-corrected chi connectivity index (χ0v) is 10.2. The molecule has 1 aromatic rings. The van der Waals surface area contributed by atoms with Gasteiger partial charge in [-0.2, -0.15) is 11.8 Å². The molecular formula is C11H14N2O3S. The second-order valence-electron chi connectivity index (χ2n) is 3.37. The number of benzene rings is 1. The van der Waals surface area contributed by atoms with Crippen molar-refractivity contribution in [3.05, 3.63) is 24.3 Å². The summed E-state index contributed by atoms with van der Waals surface area (Å²) in [5.41, 5.74) is 6.57. The highest BCUT2D eigenvalue weighted by atomic mass is 32.2. The van der Waals surface area contributed by atoms with Crippen molar-refractivity contribution in [2.75, 3.05) is 29.2 Å². The van der Waals surface area contributed by atoms with Crippen LogP contribution in [-0.2, 0) is 9.59 Å². The van der Waals surface area contributed by atoms with E-state index < -0.39 is 5.97 Å². The lowest BCUT2D eigenvalue weighted by Gasteiger charge is -2.21. The summed E-state index contributed by atoms with van der Waals surface area (Å²) >= 11 is 1.34. The average Bonchev–Trinajstić information content (AvgIpc) is 2.27. The number of thioether (sulfide) groups is 1. The van der Waals surface area contributed by atoms with E-state index in [1.807, 2.05) is 0 Å². The van der Waals surface area contributed by atoms with Gasteiger partial charge in [0.25, 0.3) is 0 Å². The number of para-hydroxylation sites is 2. The van der Waals surface area contributed by atoms with E-state index in [9.17, 15) is 9.59 Å². The van der Waals surface area contributed by atoms with Crippen LogP contribution >= 0.6 is 11.8 Å². The van der Waals surface area contributed by atoms with Crippen molar-refractivity contribution in [3.63, 3.8) is 0 Å². The van der Waals surface area contributed by atoms with E-state index in [1.165, 1.54) is 16.7 Å². The van der Waals surface area contributed by atoms with Crippen LogP contribution in [0.25, 0.3) is 0 Å². The number of nitrogens with two attached hydrogens (primary N) is 1. The number of aliphatic carboxylic acids is 1. The Morgan fingerprint density at radius 1 is 1.41 bits per heavy atom. The summed E-state index contributed by atoms with van der Waals surface area (Å²) in [6, 6.07) is 6.72. The Kier molecular flexibility index (Phi) is 4.84. The van der Waals surface area contributed by atoms with Gasteiger partial charge in [-0.1, -0.05) is 12.1 Å². The molecule has 0 saturated carbocycles. The molecular weight excluding hydrogens is 240 g/mol. The summed E-state index contributed by atoms with van der Waals surface area (Å²) in [4.78, 5) is 23.8. The SMILES string of the molecule is CSCC(=O)N(CC(=O)O)c1ccccc1N. The fourth-order valence-corrected chi connectivity index (χ4v) is 1.78. The number of carbonyl (C=O) groups is 2. The van der Waals surface area contributed by atoms with E-state index in [2.05, 4.69) is 0 Å². The quantitative estimate of drug-likeness (QED) is 0.767. The lowest BCUT2D eigenvalue weighted by Crippen LogP contribution is -2.37. The Balaban J connectivity index is 3.01. The summed E-state index contributed by atoms with van der Waals surface area (Å²) in [7, 11) is 0. The van der Waals surface area contributed by atoms with Gasteiger partial charge in [-0.15, -0.1) is 0 Å². The maximum atomic E-state index is 11.8. The monoisotopic (exact) mass is 254 g/mol. The number of carbonyl (C=O) groups excluding carboxylic acids is 1. The van der Waals surface area contributed by atoms with Crippen LogP contribution in [0.5, 0.6) is 0 Å². The lowest BCUT2D eigenvalue weighted by molar-refractivity contribution is -0.136. The zero-order valence-electron chi connectivity index (χ0n) is 9.42. The third kappa shape index (κ3) is 3.67. The third-order valence-corrected chi connectivity index (χ3v) is 2.63. The lowest BCUT2D eigenvalue weighted by atomic mass is 10.2. The molecule has 0 heterocycles. The van der Waals surface area contributed by atoms with Gasteiger partial charge >= 0.3 is 5.97 Å². The minimum atomic E-state index is -1.07. The van der Waals surface area contributed by atoms with Crippen LogP contribution in [0.2, 0.25) is 0 Å². The van der Waals surface area contributed by atoms with Crippen molar-refractivity contribution in [1.82, 2.24) is 0 Å². The molecule has 1 rings (SSSR count). The number of nitrogen functional groups attached to an aromatic ring is 1. The molecule has 92 valence electrons. The molecule has 0 bridgehead atoms. The third-order valence-electron chi connectivity index (χ3n) is 2.09. The number of nitrogens with zero attached hydrogens (tertiary/aromatic N) is 1. The van der Waals surface area contributed by atoms with E-state index >= 15 is 0 Å². The largest absolute Gasteiger partial charge is 0.480 e. The Bertz CT molecular complexity index is 423. The summed E-state index contributed by atoms with van der Waals surface area (Å²) in [5, 5.41) is 8.81. The molecule has 1 amide bonds. The van der Waals surface area contributed by atoms with Crippen molar-refractivity contribution in [2.45, 2.75) is 0 Å². The number of amides is 1. The summed E-state index contributed by atoms with van der Waals surface area (Å²) in [6.45, 7) is -0.381. The smallest absolute Gasteiger partial charge is 0.323 e. The molecule has 5 nitrogen and oxygen atoms in total. The predicted molar refractivity (Wildman–Crippen MR) is 69.2 cm³/mol. The van der Waals surface area contributed by atoms with Gasteiger partial charge in [0.15, 0.2) is 0 Å². The van der Waals surface area contributed by atoms with Crippen LogP contribution in [0.3, 0.4) is 0 Å². The summed E-state index contributed by atoms with van der Waals surface area (Å²) in [6.07, 6.45) is 1.78. The molecule has 1 aromatic carbocycles. The molecule has 0 radical (unpaired) electrons. The minimum Gasteiger partial charge on any atom is -0.480 e. The number of rotatable bonds is 5. The van der Waals surface area contributed by atoms with Crippen LogP contribution in [-0.4, -0.2) is 35.5 Å². The summed E-state index contributed by atoms with van der Waals surface area (Å²) in [5.74, 6) is -1.11. The van der Waals surface area contributed by atoms with E-state index in [0.29, 0.717) is 11.4 Å². The standard InChI is InChI=1S/C11H14N2O3S/c1-17-7-10(14)13(6-11(15)16)9-5-3-2-4-8(9)12/h2-5H,6-7,12H2,1H3,(H,15,16). The second-order valence-corrected chi connectivity index (χ2v) is 4.23. The van der Waals surface area contributed by atoms with Crippen LogP contribution in [0.15, 0.2) is 24.3 Å². The highest BCUT2D eigenvalue weighted by Crippen LogP contribution is 2.22. The summed E-state index contributed by atoms with van der Waals surface area (Å²) < 4.78 is 0. The molecule has 0 aliphatic heterocycles. The molecule has 0 aliphatic carbocycles. The van der Waals surface area contributed by atoms with Gasteiger partial charge in [0, 0.05) is 0 Å². The van der Waals surface area contributed by atoms with Gasteiger partial charge in [0.05, 0.1) is 17.1 Å². The molecule has 0 saturated heterocycles. The minimum absolute atomic E-state index is 0.224. The second kappa shape index (κ2) is 6.15. The van der Waals surface area contributed by atoms with Crippen LogP contribution in [0, 0.1) is 0 Å². The maximum Gasteiger partial charge on any atom is 0.323 e. The van der Waals surface area contributed by atoms with Gasteiger partial charge in [-0.3, -0.25) is 14.5 Å².